The van der Waals surface area contributed by atoms with Gasteiger partial charge in [-0.15, -0.1) is 0 Å². The highest BCUT2D eigenvalue weighted by Gasteiger charge is 2.17. The van der Waals surface area contributed by atoms with Crippen LogP contribution in [0.5, 0.6) is 11.5 Å². The minimum Gasteiger partial charge on any atom is -0.487 e. The Hall–Kier alpha value is -1.79. The Labute approximate surface area is 129 Å². The molecule has 110 valence electrons. The minimum atomic E-state index is -0.354. The van der Waals surface area contributed by atoms with Crippen LogP contribution in [-0.2, 0) is 18.0 Å². The van der Waals surface area contributed by atoms with Gasteiger partial charge in [-0.05, 0) is 40.2 Å². The monoisotopic (exact) mass is 353 g/mol. The summed E-state index contributed by atoms with van der Waals surface area (Å²) in [5.41, 5.74) is 8.18. The Morgan fingerprint density at radius 1 is 1.29 bits per heavy atom. The maximum absolute atomic E-state index is 13.2. The van der Waals surface area contributed by atoms with Gasteiger partial charge in [0.05, 0.1) is 11.1 Å². The SMILES string of the molecule is Nc1cc2c(c(COc3cc(F)ccc3Br)c1)OCOC2. The van der Waals surface area contributed by atoms with E-state index in [-0.39, 0.29) is 19.2 Å². The normalized spacial score (nSPS) is 13.4. The van der Waals surface area contributed by atoms with Crippen LogP contribution >= 0.6 is 15.9 Å². The molecule has 4 nitrogen and oxygen atoms in total. The maximum Gasteiger partial charge on any atom is 0.189 e. The molecule has 0 saturated carbocycles. The first-order chi connectivity index (χ1) is 10.1. The zero-order valence-corrected chi connectivity index (χ0v) is 12.7. The van der Waals surface area contributed by atoms with Crippen molar-refractivity contribution in [3.05, 3.63) is 51.7 Å². The number of anilines is 1. The van der Waals surface area contributed by atoms with Gasteiger partial charge in [-0.1, -0.05) is 0 Å². The molecular weight excluding hydrogens is 341 g/mol. The van der Waals surface area contributed by atoms with Crippen molar-refractivity contribution in [1.29, 1.82) is 0 Å². The van der Waals surface area contributed by atoms with Crippen LogP contribution in [0.1, 0.15) is 11.1 Å². The number of halogens is 2. The molecular formula is C15H13BrFNO3. The molecule has 2 aromatic carbocycles. The second kappa shape index (κ2) is 5.91. The summed E-state index contributed by atoms with van der Waals surface area (Å²) in [6.45, 7) is 0.889. The molecule has 0 aliphatic carbocycles. The quantitative estimate of drug-likeness (QED) is 0.856. The van der Waals surface area contributed by atoms with E-state index in [4.69, 9.17) is 19.9 Å². The number of nitrogens with two attached hydrogens (primary N) is 1. The number of rotatable bonds is 3. The summed E-state index contributed by atoms with van der Waals surface area (Å²) in [6, 6.07) is 7.89. The lowest BCUT2D eigenvalue weighted by molar-refractivity contribution is -0.0175. The van der Waals surface area contributed by atoms with E-state index in [2.05, 4.69) is 15.9 Å². The molecule has 0 bridgehead atoms. The Kier molecular flexibility index (Phi) is 3.98. The van der Waals surface area contributed by atoms with Crippen molar-refractivity contribution in [2.24, 2.45) is 0 Å². The molecule has 1 aliphatic heterocycles. The number of nitrogen functional groups attached to an aromatic ring is 1. The highest BCUT2D eigenvalue weighted by atomic mass is 79.9. The predicted molar refractivity (Wildman–Crippen MR) is 79.6 cm³/mol. The van der Waals surface area contributed by atoms with Crippen LogP contribution in [0.25, 0.3) is 0 Å². The lowest BCUT2D eigenvalue weighted by Crippen LogP contribution is -2.14. The Bertz CT molecular complexity index is 678. The fraction of sp³-hybridized carbons (Fsp3) is 0.200. The molecule has 0 radical (unpaired) electrons. The van der Waals surface area contributed by atoms with E-state index in [0.29, 0.717) is 22.5 Å². The molecule has 1 aliphatic rings. The second-order valence-electron chi connectivity index (χ2n) is 4.64. The molecule has 0 aromatic heterocycles. The standard InChI is InChI=1S/C15H13BrFNO3/c16-13-2-1-11(17)5-14(13)20-7-10-4-12(18)3-9-6-19-8-21-15(9)10/h1-5H,6-8,18H2. The van der Waals surface area contributed by atoms with Crippen molar-refractivity contribution < 1.29 is 18.6 Å². The average Bonchev–Trinajstić information content (AvgIpc) is 2.47. The summed E-state index contributed by atoms with van der Waals surface area (Å²) >= 11 is 3.33. The summed E-state index contributed by atoms with van der Waals surface area (Å²) in [6.07, 6.45) is 0. The number of ether oxygens (including phenoxy) is 3. The number of fused-ring (bicyclic) bond motifs is 1. The Morgan fingerprint density at radius 3 is 3.00 bits per heavy atom. The molecule has 0 amide bonds. The number of hydrogen-bond acceptors (Lipinski definition) is 4. The van der Waals surface area contributed by atoms with Crippen molar-refractivity contribution in [1.82, 2.24) is 0 Å². The van der Waals surface area contributed by atoms with E-state index in [0.717, 1.165) is 16.9 Å². The third-order valence-electron chi connectivity index (χ3n) is 3.09. The first-order valence-corrected chi connectivity index (χ1v) is 7.12. The summed E-state index contributed by atoms with van der Waals surface area (Å²) < 4.78 is 30.3. The minimum absolute atomic E-state index is 0.202. The average molecular weight is 354 g/mol. The molecule has 2 aromatic rings. The first-order valence-electron chi connectivity index (χ1n) is 6.33. The molecule has 6 heteroatoms. The fourth-order valence-corrected chi connectivity index (χ4v) is 2.54. The third kappa shape index (κ3) is 3.11. The molecule has 0 fully saturated rings. The summed E-state index contributed by atoms with van der Waals surface area (Å²) in [4.78, 5) is 0. The topological polar surface area (TPSA) is 53.7 Å². The van der Waals surface area contributed by atoms with E-state index in [1.165, 1.54) is 12.1 Å². The molecule has 0 spiro atoms. The van der Waals surface area contributed by atoms with Gasteiger partial charge in [0.2, 0.25) is 0 Å². The fourth-order valence-electron chi connectivity index (χ4n) is 2.18. The van der Waals surface area contributed by atoms with Gasteiger partial charge < -0.3 is 19.9 Å². The predicted octanol–water partition coefficient (Wildman–Crippen LogP) is 3.62. The van der Waals surface area contributed by atoms with E-state index in [9.17, 15) is 4.39 Å². The first kappa shape index (κ1) is 14.2. The van der Waals surface area contributed by atoms with E-state index in [1.54, 1.807) is 12.1 Å². The molecule has 21 heavy (non-hydrogen) atoms. The van der Waals surface area contributed by atoms with Crippen LogP contribution in [0.15, 0.2) is 34.8 Å². The van der Waals surface area contributed by atoms with Gasteiger partial charge in [-0.25, -0.2) is 4.39 Å². The summed E-state index contributed by atoms with van der Waals surface area (Å²) in [7, 11) is 0. The Balaban J connectivity index is 1.85. The Morgan fingerprint density at radius 2 is 2.14 bits per heavy atom. The van der Waals surface area contributed by atoms with Crippen LogP contribution in [-0.4, -0.2) is 6.79 Å². The molecule has 0 unspecified atom stereocenters. The number of hydrogen-bond donors (Lipinski definition) is 1. The van der Waals surface area contributed by atoms with Crippen molar-refractivity contribution in [2.75, 3.05) is 12.5 Å². The zero-order chi connectivity index (χ0) is 14.8. The van der Waals surface area contributed by atoms with Gasteiger partial charge in [-0.2, -0.15) is 0 Å². The van der Waals surface area contributed by atoms with Crippen molar-refractivity contribution in [3.63, 3.8) is 0 Å². The number of benzene rings is 2. The van der Waals surface area contributed by atoms with Gasteiger partial charge in [0.15, 0.2) is 6.79 Å². The summed E-state index contributed by atoms with van der Waals surface area (Å²) in [5, 5.41) is 0. The molecule has 3 rings (SSSR count). The van der Waals surface area contributed by atoms with E-state index < -0.39 is 0 Å². The van der Waals surface area contributed by atoms with Crippen molar-refractivity contribution in [2.45, 2.75) is 13.2 Å². The largest absolute Gasteiger partial charge is 0.487 e. The van der Waals surface area contributed by atoms with Crippen LogP contribution in [0, 0.1) is 5.82 Å². The van der Waals surface area contributed by atoms with Gasteiger partial charge >= 0.3 is 0 Å². The van der Waals surface area contributed by atoms with E-state index >= 15 is 0 Å². The zero-order valence-electron chi connectivity index (χ0n) is 11.1. The van der Waals surface area contributed by atoms with Crippen molar-refractivity contribution >= 4 is 21.6 Å². The molecule has 2 N–H and O–H groups in total. The molecule has 1 heterocycles. The highest BCUT2D eigenvalue weighted by Crippen LogP contribution is 2.33. The molecule has 0 atom stereocenters. The van der Waals surface area contributed by atoms with Crippen LogP contribution in [0.2, 0.25) is 0 Å². The molecule has 0 saturated heterocycles. The van der Waals surface area contributed by atoms with Crippen molar-refractivity contribution in [3.8, 4) is 11.5 Å². The van der Waals surface area contributed by atoms with Crippen LogP contribution in [0.4, 0.5) is 10.1 Å². The third-order valence-corrected chi connectivity index (χ3v) is 3.74. The van der Waals surface area contributed by atoms with Gasteiger partial charge in [-0.3, -0.25) is 0 Å². The van der Waals surface area contributed by atoms with Crippen LogP contribution < -0.4 is 15.2 Å². The lowest BCUT2D eigenvalue weighted by Gasteiger charge is -2.21. The maximum atomic E-state index is 13.2. The van der Waals surface area contributed by atoms with Gasteiger partial charge in [0, 0.05) is 22.9 Å². The lowest BCUT2D eigenvalue weighted by atomic mass is 10.1. The van der Waals surface area contributed by atoms with Gasteiger partial charge in [0.1, 0.15) is 23.9 Å². The second-order valence-corrected chi connectivity index (χ2v) is 5.50. The van der Waals surface area contributed by atoms with E-state index in [1.807, 2.05) is 6.07 Å². The summed E-state index contributed by atoms with van der Waals surface area (Å²) in [5.74, 6) is 0.800. The van der Waals surface area contributed by atoms with Gasteiger partial charge in [0.25, 0.3) is 0 Å². The highest BCUT2D eigenvalue weighted by molar-refractivity contribution is 9.10. The van der Waals surface area contributed by atoms with Crippen LogP contribution in [0.3, 0.4) is 0 Å². The smallest absolute Gasteiger partial charge is 0.189 e.